The van der Waals surface area contributed by atoms with Crippen LogP contribution in [0.3, 0.4) is 0 Å². The van der Waals surface area contributed by atoms with Gasteiger partial charge in [-0.1, -0.05) is 6.92 Å². The summed E-state index contributed by atoms with van der Waals surface area (Å²) in [5.41, 5.74) is 1.13. The van der Waals surface area contributed by atoms with Crippen LogP contribution in [0.5, 0.6) is 0 Å². The molecule has 0 saturated carbocycles. The third-order valence-corrected chi connectivity index (χ3v) is 5.96. The number of hydrogen-bond donors (Lipinski definition) is 2. The average Bonchev–Trinajstić information content (AvgIpc) is 2.86. The van der Waals surface area contributed by atoms with Gasteiger partial charge in [-0.25, -0.2) is 8.42 Å². The number of nitrogens with zero attached hydrogens (tertiary/aromatic N) is 2. The Bertz CT molecular complexity index is 564. The minimum Gasteiger partial charge on any atom is -0.381 e. The fraction of sp³-hybridized carbons (Fsp3) is 0.769. The highest BCUT2D eigenvalue weighted by Gasteiger charge is 2.33. The van der Waals surface area contributed by atoms with E-state index in [0.717, 1.165) is 19.4 Å². The van der Waals surface area contributed by atoms with E-state index in [1.54, 1.807) is 14.0 Å². The van der Waals surface area contributed by atoms with Crippen molar-refractivity contribution in [2.24, 2.45) is 0 Å². The molecule has 0 bridgehead atoms. The van der Waals surface area contributed by atoms with Gasteiger partial charge in [0.05, 0.1) is 11.4 Å². The number of H-pyrrole nitrogens is 1. The van der Waals surface area contributed by atoms with Crippen molar-refractivity contribution in [3.05, 3.63) is 11.4 Å². The molecule has 0 unspecified atom stereocenters. The van der Waals surface area contributed by atoms with Gasteiger partial charge in [-0.05, 0) is 26.3 Å². The molecule has 1 aromatic heterocycles. The van der Waals surface area contributed by atoms with E-state index in [4.69, 9.17) is 4.74 Å². The van der Waals surface area contributed by atoms with E-state index >= 15 is 0 Å². The van der Waals surface area contributed by atoms with Gasteiger partial charge in [-0.15, -0.1) is 0 Å². The molecule has 2 heterocycles. The summed E-state index contributed by atoms with van der Waals surface area (Å²) in [6, 6.07) is -0.00923. The fourth-order valence-electron chi connectivity index (χ4n) is 2.56. The van der Waals surface area contributed by atoms with Gasteiger partial charge in [0.2, 0.25) is 10.0 Å². The lowest BCUT2D eigenvalue weighted by atomic mass is 10.1. The second kappa shape index (κ2) is 6.87. The molecule has 1 aliphatic heterocycles. The smallest absolute Gasteiger partial charge is 0.246 e. The molecule has 7 nitrogen and oxygen atoms in total. The van der Waals surface area contributed by atoms with Crippen molar-refractivity contribution in [2.75, 3.05) is 26.8 Å². The summed E-state index contributed by atoms with van der Waals surface area (Å²) in [5, 5.41) is 10.0. The predicted octanol–water partition coefficient (Wildman–Crippen LogP) is 0.627. The van der Waals surface area contributed by atoms with Crippen molar-refractivity contribution >= 4 is 10.0 Å². The van der Waals surface area contributed by atoms with Crippen LogP contribution in [-0.4, -0.2) is 55.8 Å². The van der Waals surface area contributed by atoms with Crippen LogP contribution in [0.2, 0.25) is 0 Å². The van der Waals surface area contributed by atoms with Crippen molar-refractivity contribution in [3.63, 3.8) is 0 Å². The Hall–Kier alpha value is -0.960. The van der Waals surface area contributed by atoms with Gasteiger partial charge in [0.15, 0.2) is 0 Å². The molecular formula is C13H24N4O3S. The Morgan fingerprint density at radius 1 is 1.43 bits per heavy atom. The maximum atomic E-state index is 12.9. The number of aryl methyl sites for hydroxylation is 1. The molecule has 21 heavy (non-hydrogen) atoms. The first-order chi connectivity index (χ1) is 9.98. The van der Waals surface area contributed by atoms with E-state index in [1.807, 2.05) is 6.92 Å². The van der Waals surface area contributed by atoms with E-state index in [1.165, 1.54) is 4.31 Å². The minimum absolute atomic E-state index is 0.00923. The summed E-state index contributed by atoms with van der Waals surface area (Å²) in [4.78, 5) is 0.303. The second-order valence-electron chi connectivity index (χ2n) is 5.27. The van der Waals surface area contributed by atoms with Gasteiger partial charge >= 0.3 is 0 Å². The molecule has 0 aromatic carbocycles. The maximum Gasteiger partial charge on any atom is 0.246 e. The van der Waals surface area contributed by atoms with E-state index in [2.05, 4.69) is 15.5 Å². The van der Waals surface area contributed by atoms with E-state index < -0.39 is 10.0 Å². The molecule has 0 aliphatic carbocycles. The second-order valence-corrected chi connectivity index (χ2v) is 7.20. The van der Waals surface area contributed by atoms with Gasteiger partial charge in [0.1, 0.15) is 4.90 Å². The van der Waals surface area contributed by atoms with Gasteiger partial charge < -0.3 is 10.1 Å². The highest BCUT2D eigenvalue weighted by Crippen LogP contribution is 2.25. The van der Waals surface area contributed by atoms with Crippen molar-refractivity contribution in [3.8, 4) is 0 Å². The quantitative estimate of drug-likeness (QED) is 0.803. The highest BCUT2D eigenvalue weighted by atomic mass is 32.2. The van der Waals surface area contributed by atoms with Crippen molar-refractivity contribution < 1.29 is 13.2 Å². The summed E-state index contributed by atoms with van der Waals surface area (Å²) < 4.78 is 32.6. The van der Waals surface area contributed by atoms with Crippen LogP contribution in [0.15, 0.2) is 4.90 Å². The Balaban J connectivity index is 2.27. The fourth-order valence-corrected chi connectivity index (χ4v) is 4.30. The van der Waals surface area contributed by atoms with E-state index in [-0.39, 0.29) is 6.04 Å². The van der Waals surface area contributed by atoms with Crippen LogP contribution < -0.4 is 5.32 Å². The van der Waals surface area contributed by atoms with Crippen LogP contribution in [0.1, 0.15) is 31.2 Å². The van der Waals surface area contributed by atoms with Crippen LogP contribution in [0.4, 0.5) is 0 Å². The van der Waals surface area contributed by atoms with Crippen molar-refractivity contribution in [1.29, 1.82) is 0 Å². The Morgan fingerprint density at radius 2 is 2.10 bits per heavy atom. The molecular weight excluding hydrogens is 292 g/mol. The Morgan fingerprint density at radius 3 is 2.71 bits per heavy atom. The molecule has 0 radical (unpaired) electrons. The number of aromatic amines is 1. The number of rotatable bonds is 6. The van der Waals surface area contributed by atoms with Crippen molar-refractivity contribution in [2.45, 2.75) is 44.2 Å². The number of ether oxygens (including phenoxy) is 1. The standard InChI is InChI=1S/C13H24N4O3S/c1-4-14-9-12-13(10(2)15-16-12)21(18,19)17(3)11-5-7-20-8-6-11/h11,14H,4-9H2,1-3H3,(H,15,16). The minimum atomic E-state index is -3.54. The number of aromatic nitrogens is 2. The zero-order valence-corrected chi connectivity index (χ0v) is 13.7. The summed E-state index contributed by atoms with van der Waals surface area (Å²) in [6.45, 7) is 6.14. The van der Waals surface area contributed by atoms with Gasteiger partial charge in [0, 0.05) is 32.8 Å². The lowest BCUT2D eigenvalue weighted by Gasteiger charge is -2.30. The Labute approximate surface area is 126 Å². The average molecular weight is 316 g/mol. The molecule has 1 aromatic rings. The third-order valence-electron chi connectivity index (χ3n) is 3.85. The molecule has 1 saturated heterocycles. The number of hydrogen-bond acceptors (Lipinski definition) is 5. The predicted molar refractivity (Wildman–Crippen MR) is 79.5 cm³/mol. The van der Waals surface area contributed by atoms with E-state index in [0.29, 0.717) is 36.0 Å². The highest BCUT2D eigenvalue weighted by molar-refractivity contribution is 7.89. The van der Waals surface area contributed by atoms with Gasteiger partial charge in [-0.3, -0.25) is 5.10 Å². The molecule has 0 spiro atoms. The molecule has 0 atom stereocenters. The third kappa shape index (κ3) is 3.45. The topological polar surface area (TPSA) is 87.3 Å². The molecule has 1 fully saturated rings. The lowest BCUT2D eigenvalue weighted by molar-refractivity contribution is 0.0632. The molecule has 120 valence electrons. The summed E-state index contributed by atoms with van der Waals surface area (Å²) in [5.74, 6) is 0. The molecule has 0 amide bonds. The first kappa shape index (κ1) is 16.4. The first-order valence-electron chi connectivity index (χ1n) is 7.28. The first-order valence-corrected chi connectivity index (χ1v) is 8.72. The number of sulfonamides is 1. The monoisotopic (exact) mass is 316 g/mol. The summed E-state index contributed by atoms with van der Waals surface area (Å²) in [6.07, 6.45) is 1.46. The normalized spacial score (nSPS) is 17.5. The maximum absolute atomic E-state index is 12.9. The van der Waals surface area contributed by atoms with E-state index in [9.17, 15) is 8.42 Å². The SMILES string of the molecule is CCNCc1n[nH]c(C)c1S(=O)(=O)N(C)C1CCOCC1. The summed E-state index contributed by atoms with van der Waals surface area (Å²) >= 11 is 0. The summed E-state index contributed by atoms with van der Waals surface area (Å²) in [7, 11) is -1.90. The van der Waals surface area contributed by atoms with Gasteiger partial charge in [0.25, 0.3) is 0 Å². The zero-order chi connectivity index (χ0) is 15.5. The largest absolute Gasteiger partial charge is 0.381 e. The number of nitrogens with one attached hydrogen (secondary N) is 2. The van der Waals surface area contributed by atoms with Crippen LogP contribution >= 0.6 is 0 Å². The molecule has 8 heteroatoms. The van der Waals surface area contributed by atoms with Crippen LogP contribution in [0, 0.1) is 6.92 Å². The Kier molecular flexibility index (Phi) is 5.37. The molecule has 2 rings (SSSR count). The van der Waals surface area contributed by atoms with Gasteiger partial charge in [-0.2, -0.15) is 9.40 Å². The molecule has 2 N–H and O–H groups in total. The zero-order valence-electron chi connectivity index (χ0n) is 12.8. The van der Waals surface area contributed by atoms with Crippen molar-refractivity contribution in [1.82, 2.24) is 19.8 Å². The van der Waals surface area contributed by atoms with Crippen LogP contribution in [0.25, 0.3) is 0 Å². The molecule has 1 aliphatic rings. The van der Waals surface area contributed by atoms with Crippen LogP contribution in [-0.2, 0) is 21.3 Å². The lowest BCUT2D eigenvalue weighted by Crippen LogP contribution is -2.41.